The number of para-hydroxylation sites is 2. The Kier molecular flexibility index (Phi) is 6.47. The summed E-state index contributed by atoms with van der Waals surface area (Å²) < 4.78 is 18.7. The number of carbonyl (C=O) groups excluding carboxylic acids is 1. The molecule has 184 valence electrons. The van der Waals surface area contributed by atoms with Gasteiger partial charge in [-0.3, -0.25) is 9.59 Å². The zero-order chi connectivity index (χ0) is 25.9. The van der Waals surface area contributed by atoms with E-state index in [1.165, 1.54) is 21.3 Å². The number of hydrogen-bond donors (Lipinski definition) is 0. The molecule has 0 unspecified atom stereocenters. The summed E-state index contributed by atoms with van der Waals surface area (Å²) in [6.45, 7) is 0. The first-order chi connectivity index (χ1) is 18.1. The summed E-state index contributed by atoms with van der Waals surface area (Å²) in [6.07, 6.45) is 0. The van der Waals surface area contributed by atoms with Crippen molar-refractivity contribution in [3.05, 3.63) is 118 Å². The number of benzene rings is 4. The molecule has 0 bridgehead atoms. The molecule has 0 radical (unpaired) electrons. The van der Waals surface area contributed by atoms with Gasteiger partial charge < -0.3 is 18.8 Å². The SMILES string of the molecule is COc1cc(-c2c(C(=O)c3ccccc3)c(=O)c3ccccc3n2-c2ccccc2)cc(OC)c1OC. The van der Waals surface area contributed by atoms with E-state index in [0.717, 1.165) is 5.69 Å². The van der Waals surface area contributed by atoms with Crippen molar-refractivity contribution in [1.29, 1.82) is 0 Å². The Morgan fingerprint density at radius 3 is 1.86 bits per heavy atom. The third kappa shape index (κ3) is 4.12. The fourth-order valence-corrected chi connectivity index (χ4v) is 4.62. The fourth-order valence-electron chi connectivity index (χ4n) is 4.62. The first kappa shape index (κ1) is 23.9. The highest BCUT2D eigenvalue weighted by atomic mass is 16.5. The number of rotatable bonds is 7. The zero-order valence-electron chi connectivity index (χ0n) is 20.7. The van der Waals surface area contributed by atoms with Crippen LogP contribution in [0.5, 0.6) is 17.2 Å². The Balaban J connectivity index is 2.00. The van der Waals surface area contributed by atoms with Crippen molar-refractivity contribution in [2.24, 2.45) is 0 Å². The van der Waals surface area contributed by atoms with E-state index in [-0.39, 0.29) is 16.8 Å². The Labute approximate surface area is 214 Å². The van der Waals surface area contributed by atoms with Crippen LogP contribution in [0, 0.1) is 0 Å². The van der Waals surface area contributed by atoms with Gasteiger partial charge in [0.25, 0.3) is 0 Å². The molecular weight excluding hydrogens is 466 g/mol. The molecule has 0 spiro atoms. The van der Waals surface area contributed by atoms with Crippen molar-refractivity contribution in [2.75, 3.05) is 21.3 Å². The summed E-state index contributed by atoms with van der Waals surface area (Å²) in [5.41, 5.74) is 2.60. The number of ether oxygens (including phenoxy) is 3. The van der Waals surface area contributed by atoms with Crippen LogP contribution in [0.1, 0.15) is 15.9 Å². The third-order valence-electron chi connectivity index (χ3n) is 6.29. The van der Waals surface area contributed by atoms with Crippen molar-refractivity contribution in [1.82, 2.24) is 4.57 Å². The quantitative estimate of drug-likeness (QED) is 0.265. The van der Waals surface area contributed by atoms with Gasteiger partial charge in [0.15, 0.2) is 17.3 Å². The van der Waals surface area contributed by atoms with E-state index in [2.05, 4.69) is 0 Å². The van der Waals surface area contributed by atoms with Crippen molar-refractivity contribution in [3.63, 3.8) is 0 Å². The predicted octanol–water partition coefficient (Wildman–Crippen LogP) is 5.91. The van der Waals surface area contributed by atoms with E-state index < -0.39 is 0 Å². The second kappa shape index (κ2) is 10.0. The summed E-state index contributed by atoms with van der Waals surface area (Å²) >= 11 is 0. The molecule has 6 heteroatoms. The summed E-state index contributed by atoms with van der Waals surface area (Å²) in [5, 5.41) is 0.446. The molecule has 0 fully saturated rings. The standard InChI is InChI=1S/C31H25NO5/c1-35-25-18-21(19-26(36-2)31(25)37-3)28-27(29(33)20-12-6-4-7-13-20)30(34)23-16-10-11-17-24(23)32(28)22-14-8-5-9-15-22/h4-19H,1-3H3. The molecule has 0 aliphatic rings. The molecule has 1 heterocycles. The molecule has 0 saturated heterocycles. The molecular formula is C31H25NO5. The van der Waals surface area contributed by atoms with Crippen molar-refractivity contribution in [2.45, 2.75) is 0 Å². The van der Waals surface area contributed by atoms with Crippen molar-refractivity contribution < 1.29 is 19.0 Å². The first-order valence-electron chi connectivity index (χ1n) is 11.7. The monoisotopic (exact) mass is 491 g/mol. The van der Waals surface area contributed by atoms with Crippen LogP contribution in [0.4, 0.5) is 0 Å². The Morgan fingerprint density at radius 1 is 0.703 bits per heavy atom. The molecule has 0 aliphatic carbocycles. The van der Waals surface area contributed by atoms with Gasteiger partial charge >= 0.3 is 0 Å². The van der Waals surface area contributed by atoms with Gasteiger partial charge in [0.1, 0.15) is 0 Å². The molecule has 0 N–H and O–H groups in total. The maximum atomic E-state index is 14.0. The van der Waals surface area contributed by atoms with Crippen LogP contribution >= 0.6 is 0 Å². The van der Waals surface area contributed by atoms with Crippen LogP contribution in [0.3, 0.4) is 0 Å². The van der Waals surface area contributed by atoms with Gasteiger partial charge in [0.2, 0.25) is 11.2 Å². The summed E-state index contributed by atoms with van der Waals surface area (Å²) in [5.74, 6) is 0.870. The number of methoxy groups -OCH3 is 3. The lowest BCUT2D eigenvalue weighted by molar-refractivity contribution is 0.103. The molecule has 0 aliphatic heterocycles. The van der Waals surface area contributed by atoms with E-state index in [0.29, 0.717) is 45.0 Å². The number of nitrogens with zero attached hydrogens (tertiary/aromatic N) is 1. The van der Waals surface area contributed by atoms with E-state index in [1.807, 2.05) is 53.1 Å². The third-order valence-corrected chi connectivity index (χ3v) is 6.29. The lowest BCUT2D eigenvalue weighted by Crippen LogP contribution is -2.22. The lowest BCUT2D eigenvalue weighted by Gasteiger charge is -2.22. The normalized spacial score (nSPS) is 10.8. The first-order valence-corrected chi connectivity index (χ1v) is 11.7. The maximum absolute atomic E-state index is 14.0. The summed E-state index contributed by atoms with van der Waals surface area (Å²) in [7, 11) is 4.59. The highest BCUT2D eigenvalue weighted by Crippen LogP contribution is 2.43. The van der Waals surface area contributed by atoms with Crippen LogP contribution in [0.25, 0.3) is 27.8 Å². The zero-order valence-corrected chi connectivity index (χ0v) is 20.7. The van der Waals surface area contributed by atoms with Gasteiger partial charge in [-0.2, -0.15) is 0 Å². The van der Waals surface area contributed by atoms with Gasteiger partial charge in [-0.1, -0.05) is 60.7 Å². The summed E-state index contributed by atoms with van der Waals surface area (Å²) in [4.78, 5) is 28.1. The van der Waals surface area contributed by atoms with Crippen molar-refractivity contribution >= 4 is 16.7 Å². The second-order valence-corrected chi connectivity index (χ2v) is 8.35. The van der Waals surface area contributed by atoms with Crippen LogP contribution in [0.15, 0.2) is 102 Å². The minimum atomic E-state index is -0.371. The number of fused-ring (bicyclic) bond motifs is 1. The molecule has 5 rings (SSSR count). The molecule has 0 amide bonds. The average Bonchev–Trinajstić information content (AvgIpc) is 2.96. The smallest absolute Gasteiger partial charge is 0.203 e. The van der Waals surface area contributed by atoms with Crippen LogP contribution in [0.2, 0.25) is 0 Å². The molecule has 4 aromatic carbocycles. The average molecular weight is 492 g/mol. The van der Waals surface area contributed by atoms with E-state index in [1.54, 1.807) is 48.5 Å². The van der Waals surface area contributed by atoms with Crippen molar-refractivity contribution in [3.8, 4) is 34.2 Å². The van der Waals surface area contributed by atoms with Gasteiger partial charge in [0, 0.05) is 22.2 Å². The number of aromatic nitrogens is 1. The maximum Gasteiger partial charge on any atom is 0.203 e. The van der Waals surface area contributed by atoms with Crippen LogP contribution in [-0.4, -0.2) is 31.7 Å². The minimum Gasteiger partial charge on any atom is -0.493 e. The highest BCUT2D eigenvalue weighted by Gasteiger charge is 2.27. The predicted molar refractivity (Wildman–Crippen MR) is 145 cm³/mol. The largest absolute Gasteiger partial charge is 0.493 e. The Morgan fingerprint density at radius 2 is 1.27 bits per heavy atom. The van der Waals surface area contributed by atoms with E-state index in [4.69, 9.17) is 14.2 Å². The minimum absolute atomic E-state index is 0.0584. The van der Waals surface area contributed by atoms with Crippen LogP contribution in [-0.2, 0) is 0 Å². The molecule has 0 saturated carbocycles. The number of pyridine rings is 1. The highest BCUT2D eigenvalue weighted by molar-refractivity contribution is 6.14. The number of ketones is 1. The lowest BCUT2D eigenvalue weighted by atomic mass is 9.94. The van der Waals surface area contributed by atoms with E-state index >= 15 is 0 Å². The topological polar surface area (TPSA) is 66.8 Å². The number of carbonyl (C=O) groups is 1. The second-order valence-electron chi connectivity index (χ2n) is 8.35. The van der Waals surface area contributed by atoms with Gasteiger partial charge in [-0.15, -0.1) is 0 Å². The van der Waals surface area contributed by atoms with Gasteiger partial charge in [-0.25, -0.2) is 0 Å². The molecule has 0 atom stereocenters. The molecule has 1 aromatic heterocycles. The summed E-state index contributed by atoms with van der Waals surface area (Å²) in [6, 6.07) is 29.3. The molecule has 37 heavy (non-hydrogen) atoms. The Hall–Kier alpha value is -4.84. The molecule has 5 aromatic rings. The van der Waals surface area contributed by atoms with Gasteiger partial charge in [-0.05, 0) is 36.4 Å². The van der Waals surface area contributed by atoms with Gasteiger partial charge in [0.05, 0.1) is 38.1 Å². The Bertz CT molecular complexity index is 1630. The van der Waals surface area contributed by atoms with Crippen LogP contribution < -0.4 is 19.6 Å². The number of hydrogen-bond acceptors (Lipinski definition) is 5. The molecule has 6 nitrogen and oxygen atoms in total. The van der Waals surface area contributed by atoms with E-state index in [9.17, 15) is 9.59 Å². The fraction of sp³-hybridized carbons (Fsp3) is 0.0968.